The van der Waals surface area contributed by atoms with Crippen molar-refractivity contribution < 1.29 is 4.74 Å². The third-order valence-corrected chi connectivity index (χ3v) is 5.35. The van der Waals surface area contributed by atoms with Crippen LogP contribution in [-0.2, 0) is 13.0 Å². The van der Waals surface area contributed by atoms with Gasteiger partial charge in [-0.25, -0.2) is 9.97 Å². The van der Waals surface area contributed by atoms with Gasteiger partial charge in [0, 0.05) is 56.4 Å². The summed E-state index contributed by atoms with van der Waals surface area (Å²) in [6.07, 6.45) is 6.90. The van der Waals surface area contributed by atoms with Crippen LogP contribution in [0.3, 0.4) is 0 Å². The van der Waals surface area contributed by atoms with Crippen molar-refractivity contribution in [2.45, 2.75) is 17.9 Å². The minimum absolute atomic E-state index is 0.826. The highest BCUT2D eigenvalue weighted by molar-refractivity contribution is 7.98. The number of hydrogen-bond donors (Lipinski definition) is 0. The zero-order valence-corrected chi connectivity index (χ0v) is 14.8. The normalized spacial score (nSPS) is 17.6. The summed E-state index contributed by atoms with van der Waals surface area (Å²) in [5.74, 6) is 1.92. The lowest BCUT2D eigenvalue weighted by Crippen LogP contribution is -2.46. The predicted molar refractivity (Wildman–Crippen MR) is 96.9 cm³/mol. The number of rotatable bonds is 4. The molecule has 24 heavy (non-hydrogen) atoms. The largest absolute Gasteiger partial charge is 0.493 e. The number of nitrogens with zero attached hydrogens (tertiary/aromatic N) is 4. The maximum Gasteiger partial charge on any atom is 0.225 e. The third kappa shape index (κ3) is 3.35. The van der Waals surface area contributed by atoms with E-state index >= 15 is 0 Å². The Balaban J connectivity index is 1.34. The van der Waals surface area contributed by atoms with Crippen molar-refractivity contribution >= 4 is 17.7 Å². The van der Waals surface area contributed by atoms with Crippen LogP contribution in [0.4, 0.5) is 5.95 Å². The third-order valence-electron chi connectivity index (χ3n) is 4.67. The first-order valence-electron chi connectivity index (χ1n) is 8.40. The first-order valence-corrected chi connectivity index (χ1v) is 9.62. The van der Waals surface area contributed by atoms with E-state index in [1.165, 1.54) is 11.1 Å². The summed E-state index contributed by atoms with van der Waals surface area (Å²) in [4.78, 5) is 14.8. The number of hydrogen-bond acceptors (Lipinski definition) is 6. The van der Waals surface area contributed by atoms with Crippen LogP contribution in [0.5, 0.6) is 5.75 Å². The first kappa shape index (κ1) is 15.7. The Morgan fingerprint density at radius 1 is 1.12 bits per heavy atom. The molecule has 0 spiro atoms. The van der Waals surface area contributed by atoms with E-state index in [0.717, 1.165) is 62.3 Å². The van der Waals surface area contributed by atoms with Crippen molar-refractivity contribution in [3.63, 3.8) is 0 Å². The summed E-state index contributed by atoms with van der Waals surface area (Å²) < 4.78 is 5.68. The number of piperazine rings is 1. The molecular formula is C18H22N4OS. The van der Waals surface area contributed by atoms with Crippen LogP contribution in [-0.4, -0.2) is 53.9 Å². The summed E-state index contributed by atoms with van der Waals surface area (Å²) in [6.45, 7) is 5.82. The van der Waals surface area contributed by atoms with Gasteiger partial charge in [0.15, 0.2) is 0 Å². The van der Waals surface area contributed by atoms with Crippen LogP contribution < -0.4 is 9.64 Å². The number of ether oxygens (including phenoxy) is 1. The van der Waals surface area contributed by atoms with Crippen LogP contribution in [0.15, 0.2) is 35.5 Å². The molecule has 126 valence electrons. The second-order valence-electron chi connectivity index (χ2n) is 6.23. The molecule has 2 aromatic rings. The van der Waals surface area contributed by atoms with Gasteiger partial charge in [-0.05, 0) is 23.4 Å². The van der Waals surface area contributed by atoms with Crippen molar-refractivity contribution in [1.82, 2.24) is 14.9 Å². The fraction of sp³-hybridized carbons (Fsp3) is 0.444. The molecular weight excluding hydrogens is 320 g/mol. The molecule has 1 aromatic heterocycles. The molecule has 0 amide bonds. The standard InChI is InChI=1S/C18H22N4OS/c1-24-16-11-19-18(20-12-16)22-7-5-21(6-8-22)13-14-2-3-15-4-9-23-17(15)10-14/h2-3,10-12H,4-9,13H2,1H3. The molecule has 0 radical (unpaired) electrons. The summed E-state index contributed by atoms with van der Waals surface area (Å²) in [5.41, 5.74) is 2.68. The summed E-state index contributed by atoms with van der Waals surface area (Å²) in [6, 6.07) is 6.66. The minimum atomic E-state index is 0.826. The average molecular weight is 342 g/mol. The molecule has 3 heterocycles. The molecule has 0 unspecified atom stereocenters. The summed E-state index contributed by atoms with van der Waals surface area (Å²) in [5, 5.41) is 0. The molecule has 1 aromatic carbocycles. The molecule has 1 saturated heterocycles. The van der Waals surface area contributed by atoms with Gasteiger partial charge in [0.2, 0.25) is 5.95 Å². The van der Waals surface area contributed by atoms with Gasteiger partial charge in [-0.3, -0.25) is 4.90 Å². The fourth-order valence-electron chi connectivity index (χ4n) is 3.25. The quantitative estimate of drug-likeness (QED) is 0.795. The van der Waals surface area contributed by atoms with Gasteiger partial charge in [0.1, 0.15) is 5.75 Å². The Bertz CT molecular complexity index is 699. The molecule has 0 bridgehead atoms. The molecule has 1 fully saturated rings. The van der Waals surface area contributed by atoms with E-state index in [9.17, 15) is 0 Å². The van der Waals surface area contributed by atoms with Crippen molar-refractivity contribution in [3.8, 4) is 5.75 Å². The highest BCUT2D eigenvalue weighted by Crippen LogP contribution is 2.27. The maximum absolute atomic E-state index is 5.68. The Morgan fingerprint density at radius 2 is 1.92 bits per heavy atom. The Labute approximate surface area is 147 Å². The maximum atomic E-state index is 5.68. The van der Waals surface area contributed by atoms with Crippen molar-refractivity contribution in [3.05, 3.63) is 41.7 Å². The molecule has 2 aliphatic heterocycles. The van der Waals surface area contributed by atoms with Crippen LogP contribution >= 0.6 is 11.8 Å². The highest BCUT2D eigenvalue weighted by Gasteiger charge is 2.20. The molecule has 6 heteroatoms. The smallest absolute Gasteiger partial charge is 0.225 e. The van der Waals surface area contributed by atoms with E-state index in [0.29, 0.717) is 0 Å². The molecule has 0 aliphatic carbocycles. The Kier molecular flexibility index (Phi) is 4.58. The zero-order valence-electron chi connectivity index (χ0n) is 13.9. The molecule has 4 rings (SSSR count). The second kappa shape index (κ2) is 6.99. The summed E-state index contributed by atoms with van der Waals surface area (Å²) in [7, 11) is 0. The van der Waals surface area contributed by atoms with Crippen molar-refractivity contribution in [2.24, 2.45) is 0 Å². The molecule has 2 aliphatic rings. The monoisotopic (exact) mass is 342 g/mol. The molecule has 0 atom stereocenters. The van der Waals surface area contributed by atoms with E-state index in [4.69, 9.17) is 4.74 Å². The van der Waals surface area contributed by atoms with E-state index in [1.807, 2.05) is 18.6 Å². The zero-order chi connectivity index (χ0) is 16.4. The Morgan fingerprint density at radius 3 is 2.67 bits per heavy atom. The van der Waals surface area contributed by atoms with Gasteiger partial charge in [-0.1, -0.05) is 12.1 Å². The van der Waals surface area contributed by atoms with E-state index in [-0.39, 0.29) is 0 Å². The summed E-state index contributed by atoms with van der Waals surface area (Å²) >= 11 is 1.67. The minimum Gasteiger partial charge on any atom is -0.493 e. The lowest BCUT2D eigenvalue weighted by Gasteiger charge is -2.34. The number of anilines is 1. The number of fused-ring (bicyclic) bond motifs is 1. The number of aromatic nitrogens is 2. The lowest BCUT2D eigenvalue weighted by atomic mass is 10.1. The topological polar surface area (TPSA) is 41.5 Å². The molecule has 5 nitrogen and oxygen atoms in total. The van der Waals surface area contributed by atoms with Crippen LogP contribution in [0, 0.1) is 0 Å². The first-order chi connectivity index (χ1) is 11.8. The van der Waals surface area contributed by atoms with E-state index < -0.39 is 0 Å². The fourth-order valence-corrected chi connectivity index (χ4v) is 3.57. The van der Waals surface area contributed by atoms with E-state index in [2.05, 4.69) is 38.0 Å². The lowest BCUT2D eigenvalue weighted by molar-refractivity contribution is 0.248. The van der Waals surface area contributed by atoms with Crippen LogP contribution in [0.2, 0.25) is 0 Å². The highest BCUT2D eigenvalue weighted by atomic mass is 32.2. The predicted octanol–water partition coefficient (Wildman–Crippen LogP) is 2.46. The van der Waals surface area contributed by atoms with Crippen molar-refractivity contribution in [2.75, 3.05) is 43.9 Å². The van der Waals surface area contributed by atoms with Gasteiger partial charge < -0.3 is 9.64 Å². The van der Waals surface area contributed by atoms with Gasteiger partial charge in [0.05, 0.1) is 6.61 Å². The van der Waals surface area contributed by atoms with Crippen LogP contribution in [0.1, 0.15) is 11.1 Å². The number of benzene rings is 1. The van der Waals surface area contributed by atoms with Gasteiger partial charge in [-0.15, -0.1) is 11.8 Å². The van der Waals surface area contributed by atoms with E-state index in [1.54, 1.807) is 11.8 Å². The SMILES string of the molecule is CSc1cnc(N2CCN(Cc3ccc4c(c3)OCC4)CC2)nc1. The van der Waals surface area contributed by atoms with Crippen LogP contribution in [0.25, 0.3) is 0 Å². The Hall–Kier alpha value is -1.79. The molecule has 0 saturated carbocycles. The van der Waals surface area contributed by atoms with Gasteiger partial charge >= 0.3 is 0 Å². The van der Waals surface area contributed by atoms with Crippen molar-refractivity contribution in [1.29, 1.82) is 0 Å². The van der Waals surface area contributed by atoms with Gasteiger partial charge in [-0.2, -0.15) is 0 Å². The number of thioether (sulfide) groups is 1. The molecule has 0 N–H and O–H groups in total. The average Bonchev–Trinajstić information content (AvgIpc) is 3.10. The van der Waals surface area contributed by atoms with Gasteiger partial charge in [0.25, 0.3) is 0 Å². The second-order valence-corrected chi connectivity index (χ2v) is 7.11.